The Hall–Kier alpha value is -3.58. The number of hydrogen-bond donors (Lipinski definition) is 1. The number of alkyl halides is 3. The lowest BCUT2D eigenvalue weighted by Crippen LogP contribution is -2.39. The number of fused-ring (bicyclic) bond motifs is 1. The lowest BCUT2D eigenvalue weighted by Gasteiger charge is -2.37. The molecule has 0 spiro atoms. The van der Waals surface area contributed by atoms with Crippen molar-refractivity contribution in [3.05, 3.63) is 69.7 Å². The van der Waals surface area contributed by atoms with Crippen LogP contribution in [0.15, 0.2) is 36.4 Å². The summed E-state index contributed by atoms with van der Waals surface area (Å²) < 4.78 is 69.6. The van der Waals surface area contributed by atoms with Gasteiger partial charge in [0, 0.05) is 54.3 Å². The Morgan fingerprint density at radius 1 is 0.978 bits per heavy atom. The largest absolute Gasteiger partial charge is 0.416 e. The smallest absolute Gasteiger partial charge is 0.396 e. The molecule has 1 aliphatic heterocycles. The van der Waals surface area contributed by atoms with Crippen LogP contribution in [0, 0.1) is 23.5 Å². The van der Waals surface area contributed by atoms with Crippen LogP contribution < -0.4 is 9.80 Å². The highest BCUT2D eigenvalue weighted by molar-refractivity contribution is 6.30. The minimum atomic E-state index is -4.59. The summed E-state index contributed by atoms with van der Waals surface area (Å²) >= 11 is 6.10. The van der Waals surface area contributed by atoms with Crippen molar-refractivity contribution in [3.63, 3.8) is 0 Å². The summed E-state index contributed by atoms with van der Waals surface area (Å²) in [5.74, 6) is -0.537. The van der Waals surface area contributed by atoms with E-state index < -0.39 is 23.4 Å². The zero-order valence-corrected chi connectivity index (χ0v) is 25.4. The molecule has 1 saturated carbocycles. The topological polar surface area (TPSA) is 83.2 Å². The maximum absolute atomic E-state index is 14.4. The van der Waals surface area contributed by atoms with Gasteiger partial charge in [0.2, 0.25) is 0 Å². The van der Waals surface area contributed by atoms with Crippen LogP contribution in [0.5, 0.6) is 0 Å². The molecule has 0 amide bonds. The molecule has 1 N–H and O–H groups in total. The first-order chi connectivity index (χ1) is 21.5. The van der Waals surface area contributed by atoms with Crippen molar-refractivity contribution in [3.8, 4) is 0 Å². The summed E-state index contributed by atoms with van der Waals surface area (Å²) in [6.45, 7) is 0.950. The van der Waals surface area contributed by atoms with Crippen LogP contribution in [0.4, 0.5) is 33.7 Å². The van der Waals surface area contributed by atoms with Gasteiger partial charge in [-0.05, 0) is 91.5 Å². The van der Waals surface area contributed by atoms with Crippen LogP contribution in [0.2, 0.25) is 5.02 Å². The van der Waals surface area contributed by atoms with Crippen molar-refractivity contribution in [2.45, 2.75) is 63.8 Å². The van der Waals surface area contributed by atoms with Crippen LogP contribution in [0.3, 0.4) is 0 Å². The molecule has 45 heavy (non-hydrogen) atoms. The molecule has 14 heteroatoms. The molecule has 6 rings (SSSR count). The van der Waals surface area contributed by atoms with E-state index in [9.17, 15) is 27.1 Å². The Morgan fingerprint density at radius 2 is 1.73 bits per heavy atom. The maximum atomic E-state index is 14.4. The van der Waals surface area contributed by atoms with Gasteiger partial charge in [0.05, 0.1) is 18.1 Å². The molecule has 2 aromatic heterocycles. The quantitative estimate of drug-likeness (QED) is 0.213. The van der Waals surface area contributed by atoms with E-state index in [4.69, 9.17) is 16.6 Å². The van der Waals surface area contributed by atoms with Gasteiger partial charge >= 0.3 is 6.18 Å². The second-order valence-electron chi connectivity index (χ2n) is 12.1. The van der Waals surface area contributed by atoms with Gasteiger partial charge in [-0.3, -0.25) is 0 Å². The van der Waals surface area contributed by atoms with E-state index in [2.05, 4.69) is 20.3 Å². The molecule has 8 nitrogen and oxygen atoms in total. The molecule has 0 unspecified atom stereocenters. The number of pyridine rings is 1. The summed E-state index contributed by atoms with van der Waals surface area (Å²) in [6.07, 6.45) is 1.12. The average molecular weight is 650 g/mol. The summed E-state index contributed by atoms with van der Waals surface area (Å²) in [6, 6.07) is 7.46. The predicted octanol–water partition coefficient (Wildman–Crippen LogP) is 6.68. The number of halogens is 6. The molecule has 3 heterocycles. The molecule has 2 fully saturated rings. The number of anilines is 2. The molecular weight excluding hydrogens is 617 g/mol. The first-order valence-corrected chi connectivity index (χ1v) is 15.4. The second kappa shape index (κ2) is 12.7. The maximum Gasteiger partial charge on any atom is 0.416 e. The van der Waals surface area contributed by atoms with Crippen molar-refractivity contribution in [1.29, 1.82) is 0 Å². The minimum Gasteiger partial charge on any atom is -0.396 e. The molecule has 0 bridgehead atoms. The highest BCUT2D eigenvalue weighted by Crippen LogP contribution is 2.40. The van der Waals surface area contributed by atoms with Gasteiger partial charge in [-0.25, -0.2) is 13.8 Å². The van der Waals surface area contributed by atoms with Crippen LogP contribution in [0.1, 0.15) is 55.2 Å². The Morgan fingerprint density at radius 3 is 2.42 bits per heavy atom. The summed E-state index contributed by atoms with van der Waals surface area (Å²) in [5, 5.41) is 22.3. The lowest BCUT2D eigenvalue weighted by molar-refractivity contribution is -0.137. The number of tetrazole rings is 1. The number of aromatic nitrogens is 5. The molecule has 1 aliphatic carbocycles. The monoisotopic (exact) mass is 649 g/mol. The Balaban J connectivity index is 1.41. The zero-order chi connectivity index (χ0) is 31.9. The normalized spacial score (nSPS) is 20.7. The van der Waals surface area contributed by atoms with Gasteiger partial charge in [0.25, 0.3) is 5.95 Å². The van der Waals surface area contributed by atoms with E-state index in [1.165, 1.54) is 10.9 Å². The number of rotatable bonds is 8. The molecule has 0 radical (unpaired) electrons. The van der Waals surface area contributed by atoms with Crippen LogP contribution in [-0.2, 0) is 26.3 Å². The van der Waals surface area contributed by atoms with Gasteiger partial charge in [-0.1, -0.05) is 16.7 Å². The lowest BCUT2D eigenvalue weighted by atomic mass is 9.78. The fourth-order valence-electron chi connectivity index (χ4n) is 6.80. The third kappa shape index (κ3) is 6.84. The summed E-state index contributed by atoms with van der Waals surface area (Å²) in [7, 11) is 1.58. The summed E-state index contributed by atoms with van der Waals surface area (Å²) in [5.41, 5.74) is 0.370. The number of hydrogen-bond acceptors (Lipinski definition) is 7. The number of aliphatic hydroxyl groups excluding tert-OH is 1. The van der Waals surface area contributed by atoms with E-state index in [1.807, 2.05) is 0 Å². The highest BCUT2D eigenvalue weighted by Gasteiger charge is 2.36. The van der Waals surface area contributed by atoms with Gasteiger partial charge in [-0.15, -0.1) is 5.10 Å². The summed E-state index contributed by atoms with van der Waals surface area (Å²) in [4.78, 5) is 10.0. The van der Waals surface area contributed by atoms with Gasteiger partial charge < -0.3 is 14.9 Å². The van der Waals surface area contributed by atoms with Crippen LogP contribution in [-0.4, -0.2) is 49.5 Å². The minimum absolute atomic E-state index is 0.0425. The van der Waals surface area contributed by atoms with Crippen molar-refractivity contribution >= 4 is 34.3 Å². The van der Waals surface area contributed by atoms with Gasteiger partial charge in [-0.2, -0.15) is 18.0 Å². The standard InChI is InChI=1S/C31H33ClF5N7O/c1-42-40-30(39-41-42)43(15-19-9-23(31(35,36)37)13-24(32)10-19)16-22-11-21-12-25(33)26(34)14-27(21)38-29(22)44-8-2-3-28(44)20-6-4-18(17-45)5-7-20/h9-14,18,20,28,45H,2-8,15-17H2,1H3/t18?,20?,28-/m1/s1. The number of benzene rings is 2. The fraction of sp³-hybridized carbons (Fsp3) is 0.484. The zero-order valence-electron chi connectivity index (χ0n) is 24.6. The van der Waals surface area contributed by atoms with E-state index in [0.29, 0.717) is 40.7 Å². The van der Waals surface area contributed by atoms with E-state index in [1.54, 1.807) is 18.0 Å². The van der Waals surface area contributed by atoms with Gasteiger partial charge in [0.15, 0.2) is 11.6 Å². The number of nitrogens with zero attached hydrogens (tertiary/aromatic N) is 7. The highest BCUT2D eigenvalue weighted by atomic mass is 35.5. The number of aliphatic hydroxyl groups is 1. The SMILES string of the molecule is Cn1nnc(N(Cc2cc(Cl)cc(C(F)(F)F)c2)Cc2cc3cc(F)c(F)cc3nc2N2CCC[C@@H]2C2CCC(CO)CC2)n1. The molecule has 4 aromatic rings. The van der Waals surface area contributed by atoms with Crippen molar-refractivity contribution in [2.75, 3.05) is 23.0 Å². The third-order valence-corrected chi connectivity index (χ3v) is 9.20. The van der Waals surface area contributed by atoms with Gasteiger partial charge in [0.1, 0.15) is 5.82 Å². The molecular formula is C31H33ClF5N7O. The van der Waals surface area contributed by atoms with Crippen molar-refractivity contribution in [1.82, 2.24) is 25.2 Å². The second-order valence-corrected chi connectivity index (χ2v) is 12.5. The molecule has 1 saturated heterocycles. The van der Waals surface area contributed by atoms with Crippen LogP contribution >= 0.6 is 11.6 Å². The predicted molar refractivity (Wildman–Crippen MR) is 160 cm³/mol. The number of aryl methyl sites for hydroxylation is 1. The Kier molecular flexibility index (Phi) is 8.84. The average Bonchev–Trinajstić information content (AvgIpc) is 3.66. The first kappa shape index (κ1) is 31.4. The van der Waals surface area contributed by atoms with E-state index >= 15 is 0 Å². The van der Waals surface area contributed by atoms with E-state index in [-0.39, 0.29) is 42.3 Å². The van der Waals surface area contributed by atoms with Crippen molar-refractivity contribution in [2.24, 2.45) is 18.9 Å². The third-order valence-electron chi connectivity index (χ3n) is 8.98. The Bertz CT molecular complexity index is 1670. The molecule has 1 atom stereocenters. The van der Waals surface area contributed by atoms with Crippen molar-refractivity contribution < 1.29 is 27.1 Å². The fourth-order valence-corrected chi connectivity index (χ4v) is 7.06. The Labute approximate surface area is 261 Å². The first-order valence-electron chi connectivity index (χ1n) is 15.0. The molecule has 2 aliphatic rings. The molecule has 2 aromatic carbocycles. The van der Waals surface area contributed by atoms with Crippen LogP contribution in [0.25, 0.3) is 10.9 Å². The molecule has 240 valence electrons. The van der Waals surface area contributed by atoms with E-state index in [0.717, 1.165) is 62.8 Å².